The molecule has 2 bridgehead atoms. The Bertz CT molecular complexity index is 822. The van der Waals surface area contributed by atoms with E-state index in [0.29, 0.717) is 17.0 Å². The van der Waals surface area contributed by atoms with Gasteiger partial charge in [-0.2, -0.15) is 0 Å². The minimum Gasteiger partial charge on any atom is -0.454 e. The molecule has 3 aliphatic rings. The highest BCUT2D eigenvalue weighted by molar-refractivity contribution is 7.16. The van der Waals surface area contributed by atoms with Crippen LogP contribution in [0.25, 0.3) is 10.6 Å². The highest BCUT2D eigenvalue weighted by Gasteiger charge is 2.32. The molecule has 7 heteroatoms. The lowest BCUT2D eigenvalue weighted by Gasteiger charge is -2.23. The smallest absolute Gasteiger partial charge is 0.265 e. The van der Waals surface area contributed by atoms with E-state index < -0.39 is 0 Å². The van der Waals surface area contributed by atoms with Gasteiger partial charge < -0.3 is 19.7 Å². The van der Waals surface area contributed by atoms with Crippen molar-refractivity contribution in [2.75, 3.05) is 19.9 Å². The molecule has 5 rings (SSSR count). The van der Waals surface area contributed by atoms with Crippen LogP contribution in [0.5, 0.6) is 11.5 Å². The topological polar surface area (TPSA) is 63.7 Å². The molecule has 130 valence electrons. The van der Waals surface area contributed by atoms with Crippen LogP contribution in [0.4, 0.5) is 0 Å². The van der Waals surface area contributed by atoms with Gasteiger partial charge in [0, 0.05) is 30.7 Å². The highest BCUT2D eigenvalue weighted by atomic mass is 32.1. The number of hydrogen-bond donors (Lipinski definition) is 1. The number of ether oxygens (including phenoxy) is 2. The van der Waals surface area contributed by atoms with E-state index in [1.165, 1.54) is 24.2 Å². The summed E-state index contributed by atoms with van der Waals surface area (Å²) in [6.45, 7) is 1.88. The third kappa shape index (κ3) is 2.77. The summed E-state index contributed by atoms with van der Waals surface area (Å²) in [6.07, 6.45) is 5.14. The van der Waals surface area contributed by atoms with Crippen molar-refractivity contribution in [3.63, 3.8) is 0 Å². The maximum Gasteiger partial charge on any atom is 0.265 e. The minimum atomic E-state index is 0.0962. The first-order valence-corrected chi connectivity index (χ1v) is 9.49. The van der Waals surface area contributed by atoms with Crippen LogP contribution in [0.3, 0.4) is 0 Å². The molecule has 2 fully saturated rings. The molecule has 25 heavy (non-hydrogen) atoms. The molecule has 2 atom stereocenters. The number of amides is 1. The third-order valence-electron chi connectivity index (χ3n) is 5.15. The van der Waals surface area contributed by atoms with Gasteiger partial charge in [0.1, 0.15) is 9.88 Å². The number of likely N-dealkylation sites (tertiary alicyclic amines) is 1. The fourth-order valence-corrected chi connectivity index (χ4v) is 4.70. The van der Waals surface area contributed by atoms with Crippen LogP contribution in [0.1, 0.15) is 28.9 Å². The number of carbonyl (C=O) groups is 1. The fraction of sp³-hybridized carbons (Fsp3) is 0.444. The predicted molar refractivity (Wildman–Crippen MR) is 94.1 cm³/mol. The zero-order valence-corrected chi connectivity index (χ0v) is 14.6. The van der Waals surface area contributed by atoms with Crippen molar-refractivity contribution in [2.24, 2.45) is 0 Å². The fourth-order valence-electron chi connectivity index (χ4n) is 3.82. The second-order valence-electron chi connectivity index (χ2n) is 6.78. The number of hydrogen-bond acceptors (Lipinski definition) is 6. The Morgan fingerprint density at radius 3 is 3.04 bits per heavy atom. The summed E-state index contributed by atoms with van der Waals surface area (Å²) in [5.41, 5.74) is 0.949. The van der Waals surface area contributed by atoms with Crippen LogP contribution in [-0.2, 0) is 0 Å². The standard InChI is InChI=1S/C18H19N3O3S/c22-18(21-6-5-12-2-3-13(9-21)20-12)16-8-19-17(25-16)11-1-4-14-15(7-11)24-10-23-14/h1,4,7-8,12-13,20H,2-3,5-6,9-10H2. The Hall–Kier alpha value is -2.12. The van der Waals surface area contributed by atoms with E-state index in [4.69, 9.17) is 9.47 Å². The van der Waals surface area contributed by atoms with Gasteiger partial charge in [-0.1, -0.05) is 0 Å². The average molecular weight is 357 g/mol. The number of fused-ring (bicyclic) bond motifs is 3. The number of benzene rings is 1. The van der Waals surface area contributed by atoms with Gasteiger partial charge in [-0.05, 0) is 37.5 Å². The molecule has 6 nitrogen and oxygen atoms in total. The van der Waals surface area contributed by atoms with Gasteiger partial charge in [-0.3, -0.25) is 4.79 Å². The molecular weight excluding hydrogens is 338 g/mol. The molecule has 0 aliphatic carbocycles. The van der Waals surface area contributed by atoms with Gasteiger partial charge in [-0.25, -0.2) is 4.98 Å². The first-order chi connectivity index (χ1) is 12.3. The summed E-state index contributed by atoms with van der Waals surface area (Å²) in [5.74, 6) is 1.58. The van der Waals surface area contributed by atoms with E-state index in [9.17, 15) is 4.79 Å². The summed E-state index contributed by atoms with van der Waals surface area (Å²) in [4.78, 5) is 20.0. The van der Waals surface area contributed by atoms with E-state index in [-0.39, 0.29) is 12.7 Å². The Morgan fingerprint density at radius 2 is 2.08 bits per heavy atom. The number of rotatable bonds is 2. The molecule has 0 saturated carbocycles. The number of carbonyl (C=O) groups excluding carboxylic acids is 1. The maximum atomic E-state index is 12.9. The molecule has 1 N–H and O–H groups in total. The van der Waals surface area contributed by atoms with Gasteiger partial charge in [0.15, 0.2) is 11.5 Å². The molecule has 2 aromatic rings. The molecule has 4 heterocycles. The van der Waals surface area contributed by atoms with Gasteiger partial charge in [0.2, 0.25) is 6.79 Å². The van der Waals surface area contributed by atoms with Crippen LogP contribution in [0.2, 0.25) is 0 Å². The van der Waals surface area contributed by atoms with Crippen LogP contribution < -0.4 is 14.8 Å². The number of aromatic nitrogens is 1. The van der Waals surface area contributed by atoms with Crippen LogP contribution >= 0.6 is 11.3 Å². The van der Waals surface area contributed by atoms with Gasteiger partial charge >= 0.3 is 0 Å². The Labute approximate surface area is 149 Å². The van der Waals surface area contributed by atoms with Crippen molar-refractivity contribution < 1.29 is 14.3 Å². The first-order valence-electron chi connectivity index (χ1n) is 8.67. The highest BCUT2D eigenvalue weighted by Crippen LogP contribution is 2.37. The summed E-state index contributed by atoms with van der Waals surface area (Å²) >= 11 is 1.44. The lowest BCUT2D eigenvalue weighted by atomic mass is 10.1. The molecule has 0 spiro atoms. The molecular formula is C18H19N3O3S. The summed E-state index contributed by atoms with van der Waals surface area (Å²) in [6, 6.07) is 6.78. The quantitative estimate of drug-likeness (QED) is 0.895. The van der Waals surface area contributed by atoms with Crippen LogP contribution in [0.15, 0.2) is 24.4 Å². The second kappa shape index (κ2) is 6.00. The molecule has 1 amide bonds. The Balaban J connectivity index is 1.36. The van der Waals surface area contributed by atoms with Crippen LogP contribution in [-0.4, -0.2) is 47.8 Å². The molecule has 2 saturated heterocycles. The van der Waals surface area contributed by atoms with E-state index in [1.807, 2.05) is 23.1 Å². The van der Waals surface area contributed by atoms with E-state index in [0.717, 1.165) is 41.6 Å². The van der Waals surface area contributed by atoms with Gasteiger partial charge in [0.25, 0.3) is 5.91 Å². The van der Waals surface area contributed by atoms with E-state index in [1.54, 1.807) is 6.20 Å². The molecule has 1 aromatic carbocycles. The number of nitrogens with zero attached hydrogens (tertiary/aromatic N) is 2. The molecule has 0 radical (unpaired) electrons. The van der Waals surface area contributed by atoms with Crippen LogP contribution in [0, 0.1) is 0 Å². The van der Waals surface area contributed by atoms with Gasteiger partial charge in [0.05, 0.1) is 6.20 Å². The first kappa shape index (κ1) is 15.2. The van der Waals surface area contributed by atoms with Gasteiger partial charge in [-0.15, -0.1) is 11.3 Å². The van der Waals surface area contributed by atoms with E-state index in [2.05, 4.69) is 10.3 Å². The van der Waals surface area contributed by atoms with E-state index >= 15 is 0 Å². The van der Waals surface area contributed by atoms with Crippen molar-refractivity contribution in [2.45, 2.75) is 31.3 Å². The lowest BCUT2D eigenvalue weighted by Crippen LogP contribution is -2.38. The minimum absolute atomic E-state index is 0.0962. The summed E-state index contributed by atoms with van der Waals surface area (Å²) in [5, 5.41) is 4.44. The van der Waals surface area contributed by atoms with Crippen molar-refractivity contribution in [3.8, 4) is 22.1 Å². The predicted octanol–water partition coefficient (Wildman–Crippen LogP) is 2.51. The summed E-state index contributed by atoms with van der Waals surface area (Å²) < 4.78 is 10.8. The normalized spacial score (nSPS) is 24.4. The largest absolute Gasteiger partial charge is 0.454 e. The zero-order chi connectivity index (χ0) is 16.8. The second-order valence-corrected chi connectivity index (χ2v) is 7.81. The lowest BCUT2D eigenvalue weighted by molar-refractivity contribution is 0.0753. The van der Waals surface area contributed by atoms with Crippen molar-refractivity contribution in [1.29, 1.82) is 0 Å². The molecule has 1 aromatic heterocycles. The summed E-state index contributed by atoms with van der Waals surface area (Å²) in [7, 11) is 0. The third-order valence-corrected chi connectivity index (χ3v) is 6.18. The zero-order valence-electron chi connectivity index (χ0n) is 13.7. The Morgan fingerprint density at radius 1 is 1.20 bits per heavy atom. The molecule has 2 unspecified atom stereocenters. The number of nitrogens with one attached hydrogen (secondary N) is 1. The molecule has 3 aliphatic heterocycles. The van der Waals surface area contributed by atoms with Crippen molar-refractivity contribution in [1.82, 2.24) is 15.2 Å². The van der Waals surface area contributed by atoms with Crippen molar-refractivity contribution >= 4 is 17.2 Å². The average Bonchev–Trinajstić information content (AvgIpc) is 3.32. The maximum absolute atomic E-state index is 12.9. The Kier molecular flexibility index (Phi) is 3.64. The monoisotopic (exact) mass is 357 g/mol. The number of thiazole rings is 1. The SMILES string of the molecule is O=C(c1cnc(-c2ccc3c(c2)OCO3)s1)N1CCC2CCC(C1)N2. The van der Waals surface area contributed by atoms with Crippen molar-refractivity contribution in [3.05, 3.63) is 29.3 Å².